The Balaban J connectivity index is 2.06. The Bertz CT molecular complexity index is 769. The summed E-state index contributed by atoms with van der Waals surface area (Å²) in [5.41, 5.74) is 9.16. The summed E-state index contributed by atoms with van der Waals surface area (Å²) in [6.45, 7) is -0.348. The van der Waals surface area contributed by atoms with Crippen molar-refractivity contribution in [3.63, 3.8) is 0 Å². The first-order valence-corrected chi connectivity index (χ1v) is 6.89. The highest BCUT2D eigenvalue weighted by atomic mass is 16.3. The summed E-state index contributed by atoms with van der Waals surface area (Å²) in [6, 6.07) is 8.91. The number of aliphatic hydroxyl groups is 2. The van der Waals surface area contributed by atoms with Gasteiger partial charge in [0, 0.05) is 28.9 Å². The molecule has 7 heteroatoms. The summed E-state index contributed by atoms with van der Waals surface area (Å²) < 4.78 is 0. The number of fused-ring (bicyclic) bond motifs is 1. The zero-order valence-electron chi connectivity index (χ0n) is 11.8. The number of hydrogen-bond donors (Lipinski definition) is 5. The molecule has 6 N–H and O–H groups in total. The van der Waals surface area contributed by atoms with Crippen molar-refractivity contribution in [1.29, 1.82) is 0 Å². The van der Waals surface area contributed by atoms with Crippen LogP contribution in [0.2, 0.25) is 0 Å². The van der Waals surface area contributed by atoms with E-state index in [1.807, 2.05) is 24.3 Å². The second kappa shape index (κ2) is 6.00. The molecule has 0 aliphatic carbocycles. The Morgan fingerprint density at radius 3 is 2.68 bits per heavy atom. The first-order chi connectivity index (χ1) is 10.7. The van der Waals surface area contributed by atoms with Crippen LogP contribution in [0.1, 0.15) is 0 Å². The van der Waals surface area contributed by atoms with Crippen molar-refractivity contribution in [3.8, 4) is 11.3 Å². The summed E-state index contributed by atoms with van der Waals surface area (Å²) >= 11 is 0. The zero-order valence-corrected chi connectivity index (χ0v) is 11.8. The van der Waals surface area contributed by atoms with Crippen LogP contribution in [-0.2, 0) is 0 Å². The third kappa shape index (κ3) is 2.72. The number of anilines is 2. The molecule has 0 amide bonds. The van der Waals surface area contributed by atoms with Crippen LogP contribution < -0.4 is 11.1 Å². The number of aliphatic hydroxyl groups excluding tert-OH is 2. The SMILES string of the molecule is Nc1cc(NC(CO)CO)c2ccc(-c3ccn[nH]3)cc2n1. The zero-order chi connectivity index (χ0) is 15.5. The van der Waals surface area contributed by atoms with Gasteiger partial charge in [0.1, 0.15) is 5.82 Å². The summed E-state index contributed by atoms with van der Waals surface area (Å²) in [4.78, 5) is 4.34. The molecule has 2 aromatic heterocycles. The number of nitrogens with two attached hydrogens (primary N) is 1. The van der Waals surface area contributed by atoms with Crippen LogP contribution in [0.15, 0.2) is 36.5 Å². The van der Waals surface area contributed by atoms with Crippen molar-refractivity contribution in [2.24, 2.45) is 0 Å². The minimum Gasteiger partial charge on any atom is -0.394 e. The number of nitrogen functional groups attached to an aromatic ring is 1. The predicted octanol–water partition coefficient (Wildman–Crippen LogP) is 0.972. The van der Waals surface area contributed by atoms with Crippen molar-refractivity contribution in [3.05, 3.63) is 36.5 Å². The highest BCUT2D eigenvalue weighted by Gasteiger charge is 2.11. The molecular formula is C15H17N5O2. The van der Waals surface area contributed by atoms with Gasteiger partial charge in [0.2, 0.25) is 0 Å². The van der Waals surface area contributed by atoms with E-state index >= 15 is 0 Å². The first-order valence-electron chi connectivity index (χ1n) is 6.89. The Morgan fingerprint density at radius 2 is 2.00 bits per heavy atom. The number of H-pyrrole nitrogens is 1. The maximum atomic E-state index is 9.22. The Labute approximate surface area is 126 Å². The molecule has 1 aromatic carbocycles. The number of nitrogens with one attached hydrogen (secondary N) is 2. The lowest BCUT2D eigenvalue weighted by molar-refractivity contribution is 0.204. The topological polar surface area (TPSA) is 120 Å². The van der Waals surface area contributed by atoms with Crippen LogP contribution in [0.25, 0.3) is 22.2 Å². The number of pyridine rings is 1. The molecule has 3 rings (SSSR count). The van der Waals surface area contributed by atoms with Crippen LogP contribution >= 0.6 is 0 Å². The van der Waals surface area contributed by atoms with Crippen LogP contribution in [0, 0.1) is 0 Å². The average Bonchev–Trinajstić information content (AvgIpc) is 3.06. The molecule has 0 unspecified atom stereocenters. The van der Waals surface area contributed by atoms with E-state index in [-0.39, 0.29) is 13.2 Å². The van der Waals surface area contributed by atoms with E-state index in [9.17, 15) is 10.2 Å². The fourth-order valence-corrected chi connectivity index (χ4v) is 2.32. The van der Waals surface area contributed by atoms with Crippen LogP contribution in [0.4, 0.5) is 11.5 Å². The number of rotatable bonds is 5. The van der Waals surface area contributed by atoms with Gasteiger partial charge in [-0.3, -0.25) is 5.10 Å². The lowest BCUT2D eigenvalue weighted by atomic mass is 10.1. The number of hydrogen-bond acceptors (Lipinski definition) is 6. The van der Waals surface area contributed by atoms with Gasteiger partial charge >= 0.3 is 0 Å². The second-order valence-corrected chi connectivity index (χ2v) is 5.00. The first kappa shape index (κ1) is 14.3. The second-order valence-electron chi connectivity index (χ2n) is 5.00. The normalized spacial score (nSPS) is 11.2. The molecule has 22 heavy (non-hydrogen) atoms. The Morgan fingerprint density at radius 1 is 1.18 bits per heavy atom. The molecule has 0 saturated carbocycles. The van der Waals surface area contributed by atoms with Gasteiger partial charge in [-0.2, -0.15) is 5.10 Å². The molecule has 114 valence electrons. The van der Waals surface area contributed by atoms with Gasteiger partial charge in [-0.15, -0.1) is 0 Å². The maximum Gasteiger partial charge on any atom is 0.126 e. The van der Waals surface area contributed by atoms with Gasteiger partial charge in [-0.05, 0) is 12.1 Å². The Kier molecular flexibility index (Phi) is 3.90. The number of aromatic nitrogens is 3. The summed E-state index contributed by atoms with van der Waals surface area (Å²) in [5, 5.41) is 29.2. The Hall–Kier alpha value is -2.64. The molecule has 7 nitrogen and oxygen atoms in total. The average molecular weight is 299 g/mol. The molecule has 0 atom stereocenters. The van der Waals surface area contributed by atoms with E-state index in [1.54, 1.807) is 12.3 Å². The molecule has 0 bridgehead atoms. The molecule has 0 aliphatic heterocycles. The molecule has 0 fully saturated rings. The molecule has 0 radical (unpaired) electrons. The lowest BCUT2D eigenvalue weighted by Gasteiger charge is -2.17. The summed E-state index contributed by atoms with van der Waals surface area (Å²) in [5.74, 6) is 0.367. The van der Waals surface area contributed by atoms with Gasteiger partial charge in [-0.1, -0.05) is 12.1 Å². The fraction of sp³-hybridized carbons (Fsp3) is 0.200. The highest BCUT2D eigenvalue weighted by Crippen LogP contribution is 2.28. The van der Waals surface area contributed by atoms with Crippen LogP contribution in [-0.4, -0.2) is 44.7 Å². The monoisotopic (exact) mass is 299 g/mol. The van der Waals surface area contributed by atoms with Crippen molar-refractivity contribution in [2.75, 3.05) is 24.3 Å². The smallest absolute Gasteiger partial charge is 0.126 e. The highest BCUT2D eigenvalue weighted by molar-refractivity contribution is 5.95. The van der Waals surface area contributed by atoms with E-state index in [1.165, 1.54) is 0 Å². The van der Waals surface area contributed by atoms with Gasteiger partial charge < -0.3 is 21.3 Å². The largest absolute Gasteiger partial charge is 0.394 e. The third-order valence-electron chi connectivity index (χ3n) is 3.44. The minimum atomic E-state index is -0.447. The van der Waals surface area contributed by atoms with E-state index in [2.05, 4.69) is 20.5 Å². The van der Waals surface area contributed by atoms with E-state index in [4.69, 9.17) is 5.73 Å². The molecule has 3 aromatic rings. The van der Waals surface area contributed by atoms with Gasteiger partial charge in [0.15, 0.2) is 0 Å². The lowest BCUT2D eigenvalue weighted by Crippen LogP contribution is -2.27. The number of nitrogens with zero attached hydrogens (tertiary/aromatic N) is 2. The molecule has 0 spiro atoms. The number of aromatic amines is 1. The molecule has 0 aliphatic rings. The van der Waals surface area contributed by atoms with Crippen molar-refractivity contribution < 1.29 is 10.2 Å². The van der Waals surface area contributed by atoms with Crippen molar-refractivity contribution in [1.82, 2.24) is 15.2 Å². The summed E-state index contributed by atoms with van der Waals surface area (Å²) in [6.07, 6.45) is 1.69. The standard InChI is InChI=1S/C15H17N5O2/c16-15-6-14(18-10(7-21)8-22)11-2-1-9(5-13(11)19-15)12-3-4-17-20-12/h1-6,10,21-22H,7-8H2,(H,17,20)(H3,16,18,19). The molecule has 0 saturated heterocycles. The van der Waals surface area contributed by atoms with Gasteiger partial charge in [0.05, 0.1) is 30.5 Å². The van der Waals surface area contributed by atoms with Crippen molar-refractivity contribution in [2.45, 2.75) is 6.04 Å². The van der Waals surface area contributed by atoms with Crippen LogP contribution in [0.5, 0.6) is 0 Å². The number of benzene rings is 1. The van der Waals surface area contributed by atoms with Gasteiger partial charge in [0.25, 0.3) is 0 Å². The van der Waals surface area contributed by atoms with E-state index < -0.39 is 6.04 Å². The maximum absolute atomic E-state index is 9.22. The van der Waals surface area contributed by atoms with E-state index in [0.717, 1.165) is 27.8 Å². The third-order valence-corrected chi connectivity index (χ3v) is 3.44. The van der Waals surface area contributed by atoms with Crippen LogP contribution in [0.3, 0.4) is 0 Å². The molecule has 2 heterocycles. The minimum absolute atomic E-state index is 0.174. The quantitative estimate of drug-likeness (QED) is 0.479. The van der Waals surface area contributed by atoms with Crippen molar-refractivity contribution >= 4 is 22.4 Å². The van der Waals surface area contributed by atoms with E-state index in [0.29, 0.717) is 5.82 Å². The van der Waals surface area contributed by atoms with Gasteiger partial charge in [-0.25, -0.2) is 4.98 Å². The predicted molar refractivity (Wildman–Crippen MR) is 85.3 cm³/mol. The molecular weight excluding hydrogens is 282 g/mol. The fourth-order valence-electron chi connectivity index (χ4n) is 2.32. The summed E-state index contributed by atoms with van der Waals surface area (Å²) in [7, 11) is 0.